The molecule has 1 aromatic heterocycles. The molecule has 0 amide bonds. The number of methoxy groups -OCH3 is 2. The van der Waals surface area contributed by atoms with Gasteiger partial charge < -0.3 is 9.47 Å². The molecule has 7 nitrogen and oxygen atoms in total. The Hall–Kier alpha value is -3.00. The summed E-state index contributed by atoms with van der Waals surface area (Å²) in [6.07, 6.45) is 2.19. The van der Waals surface area contributed by atoms with Crippen LogP contribution in [0.5, 0.6) is 11.5 Å². The minimum absolute atomic E-state index is 0.0314. The molecule has 0 aliphatic carbocycles. The van der Waals surface area contributed by atoms with Crippen LogP contribution in [0.15, 0.2) is 36.4 Å². The summed E-state index contributed by atoms with van der Waals surface area (Å²) in [7, 11) is 3.19. The standard InChI is InChI=1S/C20H20N2O5S/c1-26-17-9-6-13(10-18(17)27-2)4-3-5-15(23)12-20-21-16-8-7-14(22(24)25)11-19(16)28-20/h6-11H,3-5,12H2,1-2H3. The first kappa shape index (κ1) is 19.8. The quantitative estimate of drug-likeness (QED) is 0.391. The summed E-state index contributed by atoms with van der Waals surface area (Å²) in [5, 5.41) is 11.5. The normalized spacial score (nSPS) is 10.8. The third-order valence-corrected chi connectivity index (χ3v) is 5.36. The van der Waals surface area contributed by atoms with Crippen molar-refractivity contribution in [3.8, 4) is 11.5 Å². The number of ether oxygens (including phenoxy) is 2. The number of carbonyl (C=O) groups is 1. The Morgan fingerprint density at radius 1 is 1.14 bits per heavy atom. The number of nitro groups is 1. The summed E-state index contributed by atoms with van der Waals surface area (Å²) in [5.74, 6) is 1.46. The van der Waals surface area contributed by atoms with Crippen molar-refractivity contribution in [2.75, 3.05) is 14.2 Å². The molecule has 1 heterocycles. The van der Waals surface area contributed by atoms with Crippen LogP contribution in [0.1, 0.15) is 23.4 Å². The van der Waals surface area contributed by atoms with Crippen molar-refractivity contribution in [1.29, 1.82) is 0 Å². The smallest absolute Gasteiger partial charge is 0.270 e. The van der Waals surface area contributed by atoms with Crippen LogP contribution in [0.3, 0.4) is 0 Å². The third kappa shape index (κ3) is 4.64. The molecule has 0 saturated carbocycles. The zero-order chi connectivity index (χ0) is 20.1. The van der Waals surface area contributed by atoms with Crippen molar-refractivity contribution in [3.05, 3.63) is 57.1 Å². The van der Waals surface area contributed by atoms with Crippen LogP contribution in [-0.2, 0) is 17.6 Å². The first-order valence-corrected chi connectivity index (χ1v) is 9.58. The Kier molecular flexibility index (Phi) is 6.20. The second-order valence-corrected chi connectivity index (χ2v) is 7.39. The number of ketones is 1. The minimum Gasteiger partial charge on any atom is -0.493 e. The number of aromatic nitrogens is 1. The predicted molar refractivity (Wildman–Crippen MR) is 107 cm³/mol. The van der Waals surface area contributed by atoms with Crippen LogP contribution in [0, 0.1) is 10.1 Å². The van der Waals surface area contributed by atoms with Crippen molar-refractivity contribution in [2.24, 2.45) is 0 Å². The molecule has 0 aliphatic heterocycles. The summed E-state index contributed by atoms with van der Waals surface area (Å²) in [4.78, 5) is 27.1. The topological polar surface area (TPSA) is 91.6 Å². The summed E-state index contributed by atoms with van der Waals surface area (Å²) in [5.41, 5.74) is 1.80. The number of aryl methyl sites for hydroxylation is 1. The zero-order valence-electron chi connectivity index (χ0n) is 15.6. The van der Waals surface area contributed by atoms with Gasteiger partial charge >= 0.3 is 0 Å². The molecule has 2 aromatic carbocycles. The Morgan fingerprint density at radius 2 is 1.93 bits per heavy atom. The van der Waals surface area contributed by atoms with Crippen molar-refractivity contribution in [1.82, 2.24) is 4.98 Å². The number of hydrogen-bond acceptors (Lipinski definition) is 7. The lowest BCUT2D eigenvalue weighted by Gasteiger charge is -2.09. The highest BCUT2D eigenvalue weighted by Crippen LogP contribution is 2.29. The van der Waals surface area contributed by atoms with Gasteiger partial charge in [0.1, 0.15) is 10.8 Å². The van der Waals surface area contributed by atoms with Gasteiger partial charge in [0.2, 0.25) is 0 Å². The number of nitro benzene ring substituents is 1. The summed E-state index contributed by atoms with van der Waals surface area (Å²) >= 11 is 1.33. The van der Waals surface area contributed by atoms with Crippen molar-refractivity contribution in [2.45, 2.75) is 25.7 Å². The van der Waals surface area contributed by atoms with Crippen LogP contribution in [0.25, 0.3) is 10.2 Å². The number of carbonyl (C=O) groups excluding carboxylic acids is 1. The van der Waals surface area contributed by atoms with Gasteiger partial charge in [0.25, 0.3) is 5.69 Å². The molecule has 0 saturated heterocycles. The zero-order valence-corrected chi connectivity index (χ0v) is 16.5. The Bertz CT molecular complexity index is 1010. The van der Waals surface area contributed by atoms with E-state index in [0.717, 1.165) is 23.1 Å². The summed E-state index contributed by atoms with van der Waals surface area (Å²) in [6.45, 7) is 0. The van der Waals surface area contributed by atoms with Gasteiger partial charge in [-0.2, -0.15) is 0 Å². The average Bonchev–Trinajstić information content (AvgIpc) is 3.08. The maximum absolute atomic E-state index is 12.3. The minimum atomic E-state index is -0.432. The Labute approximate surface area is 166 Å². The van der Waals surface area contributed by atoms with E-state index in [9.17, 15) is 14.9 Å². The fourth-order valence-corrected chi connectivity index (χ4v) is 3.96. The van der Waals surface area contributed by atoms with Crippen LogP contribution in [-0.4, -0.2) is 29.9 Å². The number of non-ortho nitro benzene ring substituents is 1. The second-order valence-electron chi connectivity index (χ2n) is 6.28. The van der Waals surface area contributed by atoms with Gasteiger partial charge in [-0.3, -0.25) is 14.9 Å². The average molecular weight is 400 g/mol. The maximum atomic E-state index is 12.3. The number of nitrogens with zero attached hydrogens (tertiary/aromatic N) is 2. The fourth-order valence-electron chi connectivity index (χ4n) is 2.93. The van der Waals surface area contributed by atoms with E-state index < -0.39 is 4.92 Å². The lowest BCUT2D eigenvalue weighted by atomic mass is 10.0. The highest BCUT2D eigenvalue weighted by Gasteiger charge is 2.13. The first-order valence-electron chi connectivity index (χ1n) is 8.76. The van der Waals surface area contributed by atoms with E-state index in [0.29, 0.717) is 28.4 Å². The van der Waals surface area contributed by atoms with Crippen molar-refractivity contribution < 1.29 is 19.2 Å². The van der Waals surface area contributed by atoms with E-state index in [-0.39, 0.29) is 17.9 Å². The third-order valence-electron chi connectivity index (χ3n) is 4.34. The van der Waals surface area contributed by atoms with Gasteiger partial charge in [-0.1, -0.05) is 6.07 Å². The predicted octanol–water partition coefficient (Wildman–Crippen LogP) is 4.36. The van der Waals surface area contributed by atoms with Gasteiger partial charge in [0.15, 0.2) is 11.5 Å². The number of benzene rings is 2. The Morgan fingerprint density at radius 3 is 2.64 bits per heavy atom. The van der Waals surface area contributed by atoms with E-state index in [4.69, 9.17) is 9.47 Å². The molecule has 0 unspecified atom stereocenters. The molecule has 28 heavy (non-hydrogen) atoms. The largest absolute Gasteiger partial charge is 0.493 e. The van der Waals surface area contributed by atoms with E-state index in [1.807, 2.05) is 18.2 Å². The van der Waals surface area contributed by atoms with Crippen molar-refractivity contribution in [3.63, 3.8) is 0 Å². The summed E-state index contributed by atoms with van der Waals surface area (Å²) < 4.78 is 11.2. The molecule has 0 radical (unpaired) electrons. The molecule has 3 rings (SSSR count). The van der Waals surface area contributed by atoms with Crippen LogP contribution in [0.2, 0.25) is 0 Å². The second kappa shape index (κ2) is 8.79. The van der Waals surface area contributed by atoms with Gasteiger partial charge in [-0.05, 0) is 36.6 Å². The summed E-state index contributed by atoms with van der Waals surface area (Å²) in [6, 6.07) is 10.3. The van der Waals surface area contributed by atoms with Crippen molar-refractivity contribution >= 4 is 33.0 Å². The fraction of sp³-hybridized carbons (Fsp3) is 0.300. The highest BCUT2D eigenvalue weighted by atomic mass is 32.1. The molecule has 8 heteroatoms. The lowest BCUT2D eigenvalue weighted by Crippen LogP contribution is -2.03. The molecule has 0 atom stereocenters. The van der Waals surface area contributed by atoms with Crippen LogP contribution in [0.4, 0.5) is 5.69 Å². The molecule has 0 fully saturated rings. The van der Waals surface area contributed by atoms with E-state index >= 15 is 0 Å². The van der Waals surface area contributed by atoms with Gasteiger partial charge in [0.05, 0.1) is 35.8 Å². The van der Waals surface area contributed by atoms with Gasteiger partial charge in [-0.25, -0.2) is 4.98 Å². The number of fused-ring (bicyclic) bond motifs is 1. The first-order chi connectivity index (χ1) is 13.5. The molecule has 146 valence electrons. The van der Waals surface area contributed by atoms with E-state index in [2.05, 4.69) is 4.98 Å². The molecule has 3 aromatic rings. The number of hydrogen-bond donors (Lipinski definition) is 0. The highest BCUT2D eigenvalue weighted by molar-refractivity contribution is 7.18. The monoisotopic (exact) mass is 400 g/mol. The lowest BCUT2D eigenvalue weighted by molar-refractivity contribution is -0.384. The SMILES string of the molecule is COc1ccc(CCCC(=O)Cc2nc3ccc([N+](=O)[O-])cc3s2)cc1OC. The Balaban J connectivity index is 1.56. The van der Waals surface area contributed by atoms with Gasteiger partial charge in [0, 0.05) is 18.6 Å². The number of thiazole rings is 1. The van der Waals surface area contributed by atoms with Crippen LogP contribution >= 0.6 is 11.3 Å². The van der Waals surface area contributed by atoms with E-state index in [1.165, 1.54) is 23.5 Å². The molecular formula is C20H20N2O5S. The molecule has 0 aliphatic rings. The molecule has 0 N–H and O–H groups in total. The number of Topliss-reactive ketones (excluding diaryl/α,β-unsaturated/α-hetero) is 1. The number of rotatable bonds is 9. The van der Waals surface area contributed by atoms with E-state index in [1.54, 1.807) is 20.3 Å². The molecule has 0 spiro atoms. The van der Waals surface area contributed by atoms with Crippen LogP contribution < -0.4 is 9.47 Å². The maximum Gasteiger partial charge on any atom is 0.270 e. The molecular weight excluding hydrogens is 380 g/mol. The van der Waals surface area contributed by atoms with Gasteiger partial charge in [-0.15, -0.1) is 11.3 Å². The molecule has 0 bridgehead atoms.